The van der Waals surface area contributed by atoms with Gasteiger partial charge in [-0.25, -0.2) is 0 Å². The van der Waals surface area contributed by atoms with Gasteiger partial charge in [0, 0.05) is 30.2 Å². The van der Waals surface area contributed by atoms with Crippen LogP contribution in [0.4, 0.5) is 5.82 Å². The van der Waals surface area contributed by atoms with Crippen LogP contribution < -0.4 is 5.32 Å². The summed E-state index contributed by atoms with van der Waals surface area (Å²) in [4.78, 5) is 0. The molecule has 0 fully saturated rings. The van der Waals surface area contributed by atoms with Gasteiger partial charge >= 0.3 is 0 Å². The average Bonchev–Trinajstić information content (AvgIpc) is 3.06. The van der Waals surface area contributed by atoms with E-state index in [1.54, 1.807) is 10.9 Å². The Bertz CT molecular complexity index is 693. The SMILES string of the molecule is Cc1c(-n2ncc(C#N)c2NCCCl)nn2c1CCCC2. The van der Waals surface area contributed by atoms with Gasteiger partial charge in [-0.2, -0.15) is 20.1 Å². The van der Waals surface area contributed by atoms with Gasteiger partial charge in [-0.1, -0.05) is 0 Å². The van der Waals surface area contributed by atoms with Gasteiger partial charge in [-0.05, 0) is 26.2 Å². The molecule has 0 aliphatic carbocycles. The molecule has 0 unspecified atom stereocenters. The van der Waals surface area contributed by atoms with Gasteiger partial charge in [0.15, 0.2) is 5.82 Å². The molecule has 7 heteroatoms. The Morgan fingerprint density at radius 3 is 3.05 bits per heavy atom. The third kappa shape index (κ3) is 2.38. The molecule has 3 heterocycles. The van der Waals surface area contributed by atoms with Crippen LogP contribution in [0.2, 0.25) is 0 Å². The summed E-state index contributed by atoms with van der Waals surface area (Å²) in [5.41, 5.74) is 2.91. The predicted octanol–water partition coefficient (Wildman–Crippen LogP) is 2.24. The zero-order chi connectivity index (χ0) is 14.8. The van der Waals surface area contributed by atoms with E-state index in [2.05, 4.69) is 33.2 Å². The van der Waals surface area contributed by atoms with E-state index in [0.717, 1.165) is 30.8 Å². The zero-order valence-electron chi connectivity index (χ0n) is 11.9. The summed E-state index contributed by atoms with van der Waals surface area (Å²) >= 11 is 5.73. The normalized spacial score (nSPS) is 13.8. The van der Waals surface area contributed by atoms with E-state index in [0.29, 0.717) is 23.8 Å². The highest BCUT2D eigenvalue weighted by atomic mass is 35.5. The zero-order valence-corrected chi connectivity index (χ0v) is 12.7. The van der Waals surface area contributed by atoms with Crippen LogP contribution in [-0.2, 0) is 13.0 Å². The molecular weight excluding hydrogens is 288 g/mol. The van der Waals surface area contributed by atoms with Crippen molar-refractivity contribution in [3.8, 4) is 11.9 Å². The van der Waals surface area contributed by atoms with E-state index in [1.807, 2.05) is 0 Å². The minimum absolute atomic E-state index is 0.467. The van der Waals surface area contributed by atoms with Crippen molar-refractivity contribution in [3.63, 3.8) is 0 Å². The topological polar surface area (TPSA) is 71.5 Å². The lowest BCUT2D eigenvalue weighted by atomic mass is 10.1. The second-order valence-electron chi connectivity index (χ2n) is 5.12. The molecule has 0 aromatic carbocycles. The molecule has 1 aliphatic heterocycles. The molecule has 6 nitrogen and oxygen atoms in total. The van der Waals surface area contributed by atoms with Crippen molar-refractivity contribution in [2.24, 2.45) is 0 Å². The molecule has 110 valence electrons. The number of hydrogen-bond acceptors (Lipinski definition) is 4. The molecule has 0 bridgehead atoms. The maximum Gasteiger partial charge on any atom is 0.180 e. The minimum atomic E-state index is 0.467. The van der Waals surface area contributed by atoms with Crippen LogP contribution in [0.5, 0.6) is 0 Å². The lowest BCUT2D eigenvalue weighted by Gasteiger charge is -2.12. The number of hydrogen-bond donors (Lipinski definition) is 1. The summed E-state index contributed by atoms with van der Waals surface area (Å²) in [7, 11) is 0. The maximum absolute atomic E-state index is 9.21. The average molecular weight is 305 g/mol. The molecule has 0 saturated carbocycles. The van der Waals surface area contributed by atoms with E-state index < -0.39 is 0 Å². The van der Waals surface area contributed by atoms with Crippen LogP contribution in [0.1, 0.15) is 29.7 Å². The summed E-state index contributed by atoms with van der Waals surface area (Å²) in [5.74, 6) is 1.93. The Kier molecular flexibility index (Phi) is 3.84. The molecule has 3 rings (SSSR count). The number of rotatable bonds is 4. The quantitative estimate of drug-likeness (QED) is 0.879. The summed E-state index contributed by atoms with van der Waals surface area (Å²) < 4.78 is 3.78. The molecule has 0 spiro atoms. The monoisotopic (exact) mass is 304 g/mol. The third-order valence-electron chi connectivity index (χ3n) is 3.81. The van der Waals surface area contributed by atoms with Gasteiger partial charge in [0.1, 0.15) is 17.5 Å². The van der Waals surface area contributed by atoms with Gasteiger partial charge < -0.3 is 5.32 Å². The lowest BCUT2D eigenvalue weighted by Crippen LogP contribution is -2.12. The van der Waals surface area contributed by atoms with Gasteiger partial charge in [-0.3, -0.25) is 4.68 Å². The summed E-state index contributed by atoms with van der Waals surface area (Å²) in [6.07, 6.45) is 4.98. The fourth-order valence-corrected chi connectivity index (χ4v) is 2.85. The second kappa shape index (κ2) is 5.78. The number of nitrogens with zero attached hydrogens (tertiary/aromatic N) is 5. The first-order valence-electron chi connectivity index (χ1n) is 7.11. The van der Waals surface area contributed by atoms with Crippen LogP contribution in [0.15, 0.2) is 6.20 Å². The molecule has 1 aliphatic rings. The number of halogens is 1. The fraction of sp³-hybridized carbons (Fsp3) is 0.500. The molecule has 0 atom stereocenters. The number of aryl methyl sites for hydroxylation is 1. The van der Waals surface area contributed by atoms with Crippen molar-refractivity contribution in [2.75, 3.05) is 17.7 Å². The summed E-state index contributed by atoms with van der Waals surface area (Å²) in [6.45, 7) is 3.60. The highest BCUT2D eigenvalue weighted by Gasteiger charge is 2.21. The van der Waals surface area contributed by atoms with Crippen LogP contribution in [0.3, 0.4) is 0 Å². The van der Waals surface area contributed by atoms with Crippen molar-refractivity contribution < 1.29 is 0 Å². The largest absolute Gasteiger partial charge is 0.368 e. The molecule has 21 heavy (non-hydrogen) atoms. The second-order valence-corrected chi connectivity index (χ2v) is 5.50. The number of aromatic nitrogens is 4. The van der Waals surface area contributed by atoms with E-state index in [-0.39, 0.29) is 0 Å². The fourth-order valence-electron chi connectivity index (χ4n) is 2.76. The van der Waals surface area contributed by atoms with Gasteiger partial charge in [0.25, 0.3) is 0 Å². The van der Waals surface area contributed by atoms with Crippen molar-refractivity contribution in [1.29, 1.82) is 5.26 Å². The van der Waals surface area contributed by atoms with E-state index in [4.69, 9.17) is 11.6 Å². The third-order valence-corrected chi connectivity index (χ3v) is 4.00. The first kappa shape index (κ1) is 14.0. The Hall–Kier alpha value is -2.00. The Morgan fingerprint density at radius 1 is 1.48 bits per heavy atom. The first-order chi connectivity index (χ1) is 10.3. The number of fused-ring (bicyclic) bond motifs is 1. The Morgan fingerprint density at radius 2 is 2.33 bits per heavy atom. The Balaban J connectivity index is 2.06. The molecule has 2 aromatic rings. The van der Waals surface area contributed by atoms with Gasteiger partial charge in [-0.15, -0.1) is 11.6 Å². The molecule has 0 radical (unpaired) electrons. The van der Waals surface area contributed by atoms with E-state index in [9.17, 15) is 5.26 Å². The smallest absolute Gasteiger partial charge is 0.180 e. The van der Waals surface area contributed by atoms with Crippen molar-refractivity contribution >= 4 is 17.4 Å². The van der Waals surface area contributed by atoms with Crippen LogP contribution >= 0.6 is 11.6 Å². The number of nitrogens with one attached hydrogen (secondary N) is 1. The van der Waals surface area contributed by atoms with Crippen molar-refractivity contribution in [3.05, 3.63) is 23.0 Å². The molecule has 0 saturated heterocycles. The maximum atomic E-state index is 9.21. The molecule has 2 aromatic heterocycles. The summed E-state index contributed by atoms with van der Waals surface area (Å²) in [6, 6.07) is 2.15. The number of anilines is 1. The standard InChI is InChI=1S/C14H17ClN6/c1-10-12-4-2-3-7-20(12)19-13(10)21-14(17-6-5-15)11(8-16)9-18-21/h9,17H,2-7H2,1H3. The molecular formula is C14H17ClN6. The highest BCUT2D eigenvalue weighted by Crippen LogP contribution is 2.26. The summed E-state index contributed by atoms with van der Waals surface area (Å²) in [5, 5.41) is 21.4. The first-order valence-corrected chi connectivity index (χ1v) is 7.64. The van der Waals surface area contributed by atoms with E-state index in [1.165, 1.54) is 12.1 Å². The Labute approximate surface area is 128 Å². The molecule has 0 amide bonds. The van der Waals surface area contributed by atoms with Crippen LogP contribution in [0, 0.1) is 18.3 Å². The minimum Gasteiger partial charge on any atom is -0.368 e. The van der Waals surface area contributed by atoms with Gasteiger partial charge in [0.05, 0.1) is 6.20 Å². The lowest BCUT2D eigenvalue weighted by molar-refractivity contribution is 0.483. The van der Waals surface area contributed by atoms with Crippen LogP contribution in [0.25, 0.3) is 5.82 Å². The number of alkyl halides is 1. The highest BCUT2D eigenvalue weighted by molar-refractivity contribution is 6.18. The molecule has 1 N–H and O–H groups in total. The number of nitriles is 1. The van der Waals surface area contributed by atoms with Gasteiger partial charge in [0.2, 0.25) is 0 Å². The van der Waals surface area contributed by atoms with Crippen LogP contribution in [-0.4, -0.2) is 32.0 Å². The predicted molar refractivity (Wildman–Crippen MR) is 80.9 cm³/mol. The van der Waals surface area contributed by atoms with E-state index >= 15 is 0 Å². The van der Waals surface area contributed by atoms with Crippen molar-refractivity contribution in [2.45, 2.75) is 32.7 Å². The van der Waals surface area contributed by atoms with Crippen molar-refractivity contribution in [1.82, 2.24) is 19.6 Å².